The van der Waals surface area contributed by atoms with Gasteiger partial charge in [0.05, 0.1) is 19.8 Å². The zero-order chi connectivity index (χ0) is 67.8. The highest BCUT2D eigenvalue weighted by atomic mass is 16.5. The molecule has 96 heavy (non-hydrogen) atoms. The number of rotatable bonds is 42. The third kappa shape index (κ3) is 26.0. The van der Waals surface area contributed by atoms with Crippen molar-refractivity contribution in [1.29, 1.82) is 0 Å². The van der Waals surface area contributed by atoms with E-state index < -0.39 is 0 Å². The molecule has 0 aliphatic heterocycles. The largest absolute Gasteiger partial charge is 0.491 e. The van der Waals surface area contributed by atoms with E-state index in [1.54, 1.807) is 20.8 Å². The van der Waals surface area contributed by atoms with Crippen LogP contribution in [0.1, 0.15) is 299 Å². The molecule has 0 spiro atoms. The maximum atomic E-state index is 12.2. The fourth-order valence-corrected chi connectivity index (χ4v) is 12.1. The normalized spacial score (nSPS) is 10.8. The molecule has 0 aliphatic rings. The van der Waals surface area contributed by atoms with Crippen LogP contribution in [-0.4, -0.2) is 37.2 Å². The molecule has 0 atom stereocenters. The van der Waals surface area contributed by atoms with Gasteiger partial charge in [-0.05, 0) is 110 Å². The smallest absolute Gasteiger partial charge is 0.159 e. The van der Waals surface area contributed by atoms with Crippen LogP contribution in [0.25, 0.3) is 33.4 Å². The summed E-state index contributed by atoms with van der Waals surface area (Å²) in [5.41, 5.74) is 12.4. The predicted octanol–water partition coefficient (Wildman–Crippen LogP) is 24.4. The lowest BCUT2D eigenvalue weighted by molar-refractivity contribution is 0.100. The number of unbranched alkanes of at least 4 members (excludes halogenated alkanes) is 27. The van der Waals surface area contributed by atoms with Crippen molar-refractivity contribution >= 4 is 17.3 Å². The van der Waals surface area contributed by atoms with E-state index in [0.29, 0.717) is 70.4 Å². The summed E-state index contributed by atoms with van der Waals surface area (Å²) in [4.78, 5) is 36.5. The van der Waals surface area contributed by atoms with E-state index in [2.05, 4.69) is 92.7 Å². The molecule has 0 saturated carbocycles. The maximum absolute atomic E-state index is 12.2. The molecule has 504 valence electrons. The fraction of sp³-hybridized carbons (Fsp3) is 0.433. The van der Waals surface area contributed by atoms with E-state index in [-0.39, 0.29) is 17.3 Å². The van der Waals surface area contributed by atoms with Crippen LogP contribution in [0.2, 0.25) is 0 Å². The molecule has 0 aliphatic carbocycles. The molecule has 0 fully saturated rings. The second-order valence-corrected chi connectivity index (χ2v) is 26.1. The van der Waals surface area contributed by atoms with Gasteiger partial charge in [-0.3, -0.25) is 14.4 Å². The number of Topliss-reactive ketones (excluding diaryl/α,β-unsaturated/α-hetero) is 3. The van der Waals surface area contributed by atoms with Gasteiger partial charge in [0.1, 0.15) is 16.7 Å². The van der Waals surface area contributed by atoms with Crippen LogP contribution in [0.4, 0.5) is 0 Å². The molecule has 0 heterocycles. The first-order valence-corrected chi connectivity index (χ1v) is 36.9. The summed E-state index contributed by atoms with van der Waals surface area (Å²) < 4.78 is 21.7. The SMILES string of the molecule is CCCCCCCCCCCCOc1c(C#Cc2ccc(-c3ccc(C(C)=O)cc3)cc2)c(OCCCCCCCCCCCC)c(C#Cc2ccc(-c3ccc(C(C)=O)cc3)cc2)c(OCCCCCCCCCCCC)c1C#Cc1ccc(-c2ccc(C(C)=O)cc2)cc1. The monoisotopic (exact) mass is 1280 g/mol. The molecule has 7 rings (SSSR count). The summed E-state index contributed by atoms with van der Waals surface area (Å²) in [5.74, 6) is 23.5. The van der Waals surface area contributed by atoms with Crippen molar-refractivity contribution < 1.29 is 28.6 Å². The Bertz CT molecular complexity index is 3240. The number of carbonyl (C=O) groups is 3. The first-order valence-electron chi connectivity index (χ1n) is 36.9. The highest BCUT2D eigenvalue weighted by Gasteiger charge is 2.27. The molecule has 0 radical (unpaired) electrons. The molecule has 0 aromatic heterocycles. The van der Waals surface area contributed by atoms with Crippen LogP contribution in [0.5, 0.6) is 17.2 Å². The maximum Gasteiger partial charge on any atom is 0.159 e. The number of carbonyl (C=O) groups excluding carboxylic acids is 3. The molecule has 6 nitrogen and oxygen atoms in total. The highest BCUT2D eigenvalue weighted by Crippen LogP contribution is 2.44. The Kier molecular flexibility index (Phi) is 34.1. The van der Waals surface area contributed by atoms with Crippen molar-refractivity contribution in [3.63, 3.8) is 0 Å². The van der Waals surface area contributed by atoms with Gasteiger partial charge in [0.15, 0.2) is 34.6 Å². The molecular formula is C90H108O6. The Hall–Kier alpha value is -8.37. The zero-order valence-corrected chi connectivity index (χ0v) is 59.1. The van der Waals surface area contributed by atoms with Crippen LogP contribution in [0.15, 0.2) is 146 Å². The van der Waals surface area contributed by atoms with Crippen LogP contribution < -0.4 is 14.2 Å². The minimum Gasteiger partial charge on any atom is -0.491 e. The lowest BCUT2D eigenvalue weighted by Gasteiger charge is -2.21. The highest BCUT2D eigenvalue weighted by molar-refractivity contribution is 5.95. The van der Waals surface area contributed by atoms with E-state index >= 15 is 0 Å². The molecule has 0 unspecified atom stereocenters. The topological polar surface area (TPSA) is 78.9 Å². The number of ketones is 3. The van der Waals surface area contributed by atoms with Crippen molar-refractivity contribution in [1.82, 2.24) is 0 Å². The quantitative estimate of drug-likeness (QED) is 0.0216. The zero-order valence-electron chi connectivity index (χ0n) is 59.1. The van der Waals surface area contributed by atoms with Gasteiger partial charge in [-0.15, -0.1) is 0 Å². The summed E-state index contributed by atoms with van der Waals surface area (Å²) in [6.07, 6.45) is 36.0. The molecular weight excluding hydrogens is 1180 g/mol. The van der Waals surface area contributed by atoms with Crippen LogP contribution in [0.3, 0.4) is 0 Å². The third-order valence-electron chi connectivity index (χ3n) is 18.1. The van der Waals surface area contributed by atoms with E-state index in [0.717, 1.165) is 108 Å². The molecule has 6 heteroatoms. The summed E-state index contributed by atoms with van der Waals surface area (Å²) in [7, 11) is 0. The standard InChI is InChI=1S/C90H108O6/c1-7-10-13-16-19-22-25-28-31-34-67-94-88-85(64-43-73-37-46-79(47-38-73)82-58-52-76(53-59-82)70(4)91)89(95-68-35-32-29-26-23-20-17-14-11-8-2)87(66-45-75-41-50-81(51-42-75)84-62-56-78(57-63-84)72(6)93)90(96-69-36-33-30-27-24-21-18-15-12-9-3)86(88)65-44-74-39-48-80(49-40-74)83-60-54-77(55-61-83)71(5)92/h37-42,46-63H,7-36,67-69H2,1-6H3. The van der Waals surface area contributed by atoms with E-state index in [9.17, 15) is 14.4 Å². The first kappa shape index (κ1) is 75.0. The average molecular weight is 1290 g/mol. The van der Waals surface area contributed by atoms with Gasteiger partial charge in [0.2, 0.25) is 0 Å². The first-order chi connectivity index (χ1) is 47.1. The lowest BCUT2D eigenvalue weighted by atomic mass is 9.98. The molecule has 0 saturated heterocycles. The molecule has 0 amide bonds. The summed E-state index contributed by atoms with van der Waals surface area (Å²) in [6, 6.07) is 48.0. The number of hydrogen-bond donors (Lipinski definition) is 0. The average Bonchev–Trinajstić information content (AvgIpc) is 0.774. The van der Waals surface area contributed by atoms with Gasteiger partial charge >= 0.3 is 0 Å². The van der Waals surface area contributed by atoms with Crippen molar-refractivity contribution in [2.75, 3.05) is 19.8 Å². The summed E-state index contributed by atoms with van der Waals surface area (Å²) >= 11 is 0. The van der Waals surface area contributed by atoms with Gasteiger partial charge in [-0.25, -0.2) is 0 Å². The van der Waals surface area contributed by atoms with Crippen molar-refractivity contribution in [2.24, 2.45) is 0 Å². The Morgan fingerprint density at radius 2 is 0.417 bits per heavy atom. The van der Waals surface area contributed by atoms with Crippen molar-refractivity contribution in [3.05, 3.63) is 196 Å². The van der Waals surface area contributed by atoms with Crippen molar-refractivity contribution in [3.8, 4) is 86.2 Å². The van der Waals surface area contributed by atoms with Gasteiger partial charge in [0, 0.05) is 33.4 Å². The Morgan fingerprint density at radius 3 is 0.604 bits per heavy atom. The molecule has 7 aromatic rings. The van der Waals surface area contributed by atoms with Gasteiger partial charge < -0.3 is 14.2 Å². The lowest BCUT2D eigenvalue weighted by Crippen LogP contribution is -2.11. The fourth-order valence-electron chi connectivity index (χ4n) is 12.1. The minimum atomic E-state index is 0.0379. The molecule has 7 aromatic carbocycles. The van der Waals surface area contributed by atoms with E-state index in [1.807, 2.05) is 109 Å². The third-order valence-corrected chi connectivity index (χ3v) is 18.1. The number of benzene rings is 7. The van der Waals surface area contributed by atoms with Crippen molar-refractivity contribution in [2.45, 2.75) is 234 Å². The van der Waals surface area contributed by atoms with Gasteiger partial charge in [-0.2, -0.15) is 0 Å². The van der Waals surface area contributed by atoms with E-state index in [1.165, 1.54) is 135 Å². The summed E-state index contributed by atoms with van der Waals surface area (Å²) in [5, 5.41) is 0. The second kappa shape index (κ2) is 43.7. The van der Waals surface area contributed by atoms with Crippen LogP contribution in [-0.2, 0) is 0 Å². The van der Waals surface area contributed by atoms with Crippen LogP contribution in [0, 0.1) is 35.5 Å². The Morgan fingerprint density at radius 1 is 0.240 bits per heavy atom. The number of hydrogen-bond acceptors (Lipinski definition) is 6. The Labute approximate surface area is 578 Å². The van der Waals surface area contributed by atoms with Gasteiger partial charge in [0.25, 0.3) is 0 Å². The summed E-state index contributed by atoms with van der Waals surface area (Å²) in [6.45, 7) is 13.0. The second-order valence-electron chi connectivity index (χ2n) is 26.1. The minimum absolute atomic E-state index is 0.0379. The Balaban J connectivity index is 1.37. The predicted molar refractivity (Wildman–Crippen MR) is 402 cm³/mol. The number of ether oxygens (including phenoxy) is 3. The molecule has 0 bridgehead atoms. The van der Waals surface area contributed by atoms with E-state index in [4.69, 9.17) is 14.2 Å². The van der Waals surface area contributed by atoms with Gasteiger partial charge in [-0.1, -0.05) is 339 Å². The molecule has 0 N–H and O–H groups in total. The van der Waals surface area contributed by atoms with Crippen LogP contribution >= 0.6 is 0 Å².